The van der Waals surface area contributed by atoms with Gasteiger partial charge in [-0.1, -0.05) is 32.8 Å². The SMILES string of the molecule is C=CC(=O)Oc1ccc(C(=O)c2ccc(OCCCCCC)cc2)cc1. The average Bonchev–Trinajstić information content (AvgIpc) is 2.68. The van der Waals surface area contributed by atoms with E-state index in [1.165, 1.54) is 19.3 Å². The summed E-state index contributed by atoms with van der Waals surface area (Å²) in [6, 6.07) is 13.6. The molecule has 0 heterocycles. The topological polar surface area (TPSA) is 52.6 Å². The molecule has 0 aromatic heterocycles. The number of carbonyl (C=O) groups is 2. The summed E-state index contributed by atoms with van der Waals surface area (Å²) in [5.74, 6) is 0.512. The zero-order valence-corrected chi connectivity index (χ0v) is 15.1. The number of carbonyl (C=O) groups excluding carboxylic acids is 2. The maximum Gasteiger partial charge on any atom is 0.335 e. The smallest absolute Gasteiger partial charge is 0.335 e. The molecule has 0 radical (unpaired) electrons. The first kappa shape index (κ1) is 19.4. The van der Waals surface area contributed by atoms with E-state index in [1.807, 2.05) is 12.1 Å². The maximum absolute atomic E-state index is 12.5. The van der Waals surface area contributed by atoms with E-state index in [2.05, 4.69) is 13.5 Å². The van der Waals surface area contributed by atoms with Crippen LogP contribution in [0.4, 0.5) is 0 Å². The Morgan fingerprint density at radius 1 is 0.885 bits per heavy atom. The van der Waals surface area contributed by atoms with Crippen LogP contribution in [-0.4, -0.2) is 18.4 Å². The van der Waals surface area contributed by atoms with Crippen LogP contribution in [0.1, 0.15) is 48.5 Å². The van der Waals surface area contributed by atoms with Gasteiger partial charge in [0, 0.05) is 17.2 Å². The number of ketones is 1. The van der Waals surface area contributed by atoms with Crippen molar-refractivity contribution in [3.05, 3.63) is 72.3 Å². The minimum atomic E-state index is -0.533. The Labute approximate surface area is 154 Å². The highest BCUT2D eigenvalue weighted by Gasteiger charge is 2.10. The van der Waals surface area contributed by atoms with Crippen LogP contribution < -0.4 is 9.47 Å². The van der Waals surface area contributed by atoms with Gasteiger partial charge in [0.2, 0.25) is 0 Å². The van der Waals surface area contributed by atoms with Gasteiger partial charge in [0.05, 0.1) is 6.61 Å². The highest BCUT2D eigenvalue weighted by Crippen LogP contribution is 2.18. The molecule has 2 aromatic carbocycles. The monoisotopic (exact) mass is 352 g/mol. The van der Waals surface area contributed by atoms with Crippen LogP contribution in [0.15, 0.2) is 61.2 Å². The van der Waals surface area contributed by atoms with E-state index in [9.17, 15) is 9.59 Å². The molecule has 0 atom stereocenters. The first-order valence-corrected chi connectivity index (χ1v) is 8.86. The summed E-state index contributed by atoms with van der Waals surface area (Å²) in [6.07, 6.45) is 5.73. The van der Waals surface area contributed by atoms with Gasteiger partial charge < -0.3 is 9.47 Å². The number of rotatable bonds is 10. The summed E-state index contributed by atoms with van der Waals surface area (Å²) >= 11 is 0. The van der Waals surface area contributed by atoms with Gasteiger partial charge in [-0.3, -0.25) is 4.79 Å². The van der Waals surface area contributed by atoms with E-state index >= 15 is 0 Å². The third-order valence-corrected chi connectivity index (χ3v) is 3.88. The van der Waals surface area contributed by atoms with Crippen molar-refractivity contribution in [2.75, 3.05) is 6.61 Å². The Morgan fingerprint density at radius 3 is 2.00 bits per heavy atom. The second kappa shape index (κ2) is 10.2. The second-order valence-corrected chi connectivity index (χ2v) is 5.91. The fraction of sp³-hybridized carbons (Fsp3) is 0.273. The van der Waals surface area contributed by atoms with E-state index in [0.717, 1.165) is 18.2 Å². The Morgan fingerprint density at radius 2 is 1.46 bits per heavy atom. The molecule has 0 unspecified atom stereocenters. The Kier molecular flexibility index (Phi) is 7.62. The molecular weight excluding hydrogens is 328 g/mol. The zero-order chi connectivity index (χ0) is 18.8. The Bertz CT molecular complexity index is 730. The van der Waals surface area contributed by atoms with E-state index < -0.39 is 5.97 Å². The van der Waals surface area contributed by atoms with Crippen molar-refractivity contribution in [1.29, 1.82) is 0 Å². The minimum Gasteiger partial charge on any atom is -0.494 e. The number of ether oxygens (including phenoxy) is 2. The molecule has 0 aliphatic rings. The zero-order valence-electron chi connectivity index (χ0n) is 15.1. The van der Waals surface area contributed by atoms with Gasteiger partial charge in [-0.25, -0.2) is 4.79 Å². The van der Waals surface area contributed by atoms with Gasteiger partial charge in [-0.05, 0) is 55.0 Å². The predicted octanol–water partition coefficient (Wildman–Crippen LogP) is 4.97. The number of unbranched alkanes of at least 4 members (excludes halogenated alkanes) is 3. The maximum atomic E-state index is 12.5. The minimum absolute atomic E-state index is 0.0962. The van der Waals surface area contributed by atoms with Gasteiger partial charge in [0.15, 0.2) is 5.78 Å². The lowest BCUT2D eigenvalue weighted by Crippen LogP contribution is -2.04. The molecule has 4 heteroatoms. The van der Waals surface area contributed by atoms with Crippen molar-refractivity contribution in [3.63, 3.8) is 0 Å². The normalized spacial score (nSPS) is 10.2. The molecular formula is C22H24O4. The molecule has 0 N–H and O–H groups in total. The number of esters is 1. The average molecular weight is 352 g/mol. The van der Waals surface area contributed by atoms with E-state index in [4.69, 9.17) is 9.47 Å². The Balaban J connectivity index is 1.92. The summed E-state index contributed by atoms with van der Waals surface area (Å²) in [5.41, 5.74) is 1.11. The summed E-state index contributed by atoms with van der Waals surface area (Å²) < 4.78 is 10.7. The Hall–Kier alpha value is -2.88. The van der Waals surface area contributed by atoms with Crippen molar-refractivity contribution < 1.29 is 19.1 Å². The third-order valence-electron chi connectivity index (χ3n) is 3.88. The van der Waals surface area contributed by atoms with Crippen molar-refractivity contribution in [2.45, 2.75) is 32.6 Å². The van der Waals surface area contributed by atoms with E-state index in [-0.39, 0.29) is 5.78 Å². The van der Waals surface area contributed by atoms with Gasteiger partial charge >= 0.3 is 5.97 Å². The predicted molar refractivity (Wildman–Crippen MR) is 102 cm³/mol. The molecule has 0 spiro atoms. The molecule has 2 aromatic rings. The summed E-state index contributed by atoms with van der Waals surface area (Å²) in [7, 11) is 0. The molecule has 0 aliphatic carbocycles. The van der Waals surface area contributed by atoms with Crippen LogP contribution in [0.3, 0.4) is 0 Å². The quantitative estimate of drug-likeness (QED) is 0.199. The van der Waals surface area contributed by atoms with Crippen LogP contribution in [0.2, 0.25) is 0 Å². The van der Waals surface area contributed by atoms with E-state index in [1.54, 1.807) is 36.4 Å². The molecule has 2 rings (SSSR count). The molecule has 4 nitrogen and oxygen atoms in total. The summed E-state index contributed by atoms with van der Waals surface area (Å²) in [4.78, 5) is 23.7. The molecule has 0 amide bonds. The summed E-state index contributed by atoms with van der Waals surface area (Å²) in [6.45, 7) is 6.21. The first-order valence-electron chi connectivity index (χ1n) is 8.86. The lowest BCUT2D eigenvalue weighted by molar-refractivity contribution is -0.128. The fourth-order valence-corrected chi connectivity index (χ4v) is 2.42. The first-order chi connectivity index (χ1) is 12.6. The third kappa shape index (κ3) is 5.88. The van der Waals surface area contributed by atoms with Gasteiger partial charge in [0.25, 0.3) is 0 Å². The van der Waals surface area contributed by atoms with Crippen LogP contribution in [-0.2, 0) is 4.79 Å². The van der Waals surface area contributed by atoms with Gasteiger partial charge in [-0.15, -0.1) is 0 Å². The molecule has 0 bridgehead atoms. The molecule has 0 aliphatic heterocycles. The van der Waals surface area contributed by atoms with Gasteiger partial charge in [-0.2, -0.15) is 0 Å². The standard InChI is InChI=1S/C22H24O4/c1-3-5-6-7-16-25-19-12-8-17(9-13-19)22(24)18-10-14-20(15-11-18)26-21(23)4-2/h4,8-15H,2-3,5-7,16H2,1H3. The molecule has 136 valence electrons. The number of hydrogen-bond donors (Lipinski definition) is 0. The van der Waals surface area contributed by atoms with Crippen LogP contribution in [0, 0.1) is 0 Å². The second-order valence-electron chi connectivity index (χ2n) is 5.91. The summed E-state index contributed by atoms with van der Waals surface area (Å²) in [5, 5.41) is 0. The van der Waals surface area contributed by atoms with Crippen molar-refractivity contribution in [2.24, 2.45) is 0 Å². The van der Waals surface area contributed by atoms with Crippen LogP contribution in [0.5, 0.6) is 11.5 Å². The highest BCUT2D eigenvalue weighted by atomic mass is 16.5. The van der Waals surface area contributed by atoms with Gasteiger partial charge in [0.1, 0.15) is 11.5 Å². The lowest BCUT2D eigenvalue weighted by Gasteiger charge is -2.07. The molecule has 0 saturated carbocycles. The number of benzene rings is 2. The lowest BCUT2D eigenvalue weighted by atomic mass is 10.0. The number of hydrogen-bond acceptors (Lipinski definition) is 4. The van der Waals surface area contributed by atoms with Crippen molar-refractivity contribution >= 4 is 11.8 Å². The molecule has 26 heavy (non-hydrogen) atoms. The van der Waals surface area contributed by atoms with Crippen molar-refractivity contribution in [1.82, 2.24) is 0 Å². The molecule has 0 fully saturated rings. The van der Waals surface area contributed by atoms with Crippen LogP contribution in [0.25, 0.3) is 0 Å². The van der Waals surface area contributed by atoms with E-state index in [0.29, 0.717) is 23.5 Å². The van der Waals surface area contributed by atoms with Crippen molar-refractivity contribution in [3.8, 4) is 11.5 Å². The highest BCUT2D eigenvalue weighted by molar-refractivity contribution is 6.09. The largest absolute Gasteiger partial charge is 0.494 e. The molecule has 0 saturated heterocycles. The van der Waals surface area contributed by atoms with Crippen LogP contribution >= 0.6 is 0 Å². The fourth-order valence-electron chi connectivity index (χ4n) is 2.42.